The van der Waals surface area contributed by atoms with Gasteiger partial charge in [0.2, 0.25) is 6.17 Å². The smallest absolute Gasteiger partial charge is 0.210 e. The van der Waals surface area contributed by atoms with Crippen molar-refractivity contribution >= 4 is 0 Å². The molecule has 8 heavy (non-hydrogen) atoms. The number of aliphatic hydroxyl groups is 1. The van der Waals surface area contributed by atoms with E-state index in [9.17, 15) is 0 Å². The van der Waals surface area contributed by atoms with Crippen molar-refractivity contribution in [2.24, 2.45) is 20.7 Å². The number of hydrogen-bond donors (Lipinski definition) is 1. The maximum atomic E-state index is 8.74. The normalized spacial score (nSPS) is 22.2. The molecule has 1 rings (SSSR count). The molecule has 1 atom stereocenters. The van der Waals surface area contributed by atoms with Crippen molar-refractivity contribution < 1.29 is 5.11 Å². The van der Waals surface area contributed by atoms with Crippen molar-refractivity contribution in [2.45, 2.75) is 19.2 Å². The second kappa shape index (κ2) is 1.95. The van der Waals surface area contributed by atoms with E-state index in [-0.39, 0.29) is 0 Å². The predicted molar refractivity (Wildman–Crippen MR) is 25.2 cm³/mol. The van der Waals surface area contributed by atoms with Crippen LogP contribution in [-0.2, 0) is 0 Å². The van der Waals surface area contributed by atoms with Gasteiger partial charge in [-0.25, -0.2) is 0 Å². The zero-order chi connectivity index (χ0) is 5.98. The molecule has 1 aliphatic rings. The Morgan fingerprint density at radius 1 is 1.38 bits per heavy atom. The van der Waals surface area contributed by atoms with Crippen molar-refractivity contribution in [3.63, 3.8) is 0 Å². The van der Waals surface area contributed by atoms with E-state index in [1.807, 2.05) is 0 Å². The molecule has 44 valence electrons. The fraction of sp³-hybridized carbons (Fsp3) is 1.00. The Kier molecular flexibility index (Phi) is 1.29. The highest BCUT2D eigenvalue weighted by Gasteiger charge is 2.14. The topological polar surface area (TPSA) is 69.7 Å². The number of hydrogen-bond acceptors (Lipinski definition) is 5. The van der Waals surface area contributed by atoms with Crippen LogP contribution in [0.15, 0.2) is 20.7 Å². The van der Waals surface area contributed by atoms with E-state index >= 15 is 0 Å². The summed E-state index contributed by atoms with van der Waals surface area (Å²) in [5, 5.41) is 22.1. The van der Waals surface area contributed by atoms with Crippen LogP contribution in [0, 0.1) is 0 Å². The van der Waals surface area contributed by atoms with Crippen molar-refractivity contribution in [3.8, 4) is 0 Å². The third kappa shape index (κ3) is 0.865. The van der Waals surface area contributed by atoms with Crippen molar-refractivity contribution in [1.29, 1.82) is 0 Å². The summed E-state index contributed by atoms with van der Waals surface area (Å²) < 4.78 is 0. The van der Waals surface area contributed by atoms with Gasteiger partial charge in [-0.3, -0.25) is 0 Å². The zero-order valence-corrected chi connectivity index (χ0v) is 4.39. The molecule has 0 aromatic carbocycles. The van der Waals surface area contributed by atoms with Gasteiger partial charge in [0.05, 0.1) is 6.10 Å². The van der Waals surface area contributed by atoms with Gasteiger partial charge in [-0.1, -0.05) is 0 Å². The van der Waals surface area contributed by atoms with Crippen LogP contribution in [0.1, 0.15) is 6.92 Å². The Balaban J connectivity index is 2.49. The van der Waals surface area contributed by atoms with Crippen LogP contribution in [0.2, 0.25) is 0 Å². The van der Waals surface area contributed by atoms with E-state index in [1.54, 1.807) is 6.92 Å². The maximum Gasteiger partial charge on any atom is 0.210 e. The van der Waals surface area contributed by atoms with E-state index in [0.717, 1.165) is 0 Å². The molecule has 1 N–H and O–H groups in total. The fourth-order valence-corrected chi connectivity index (χ4v) is 0.368. The molecule has 0 saturated heterocycles. The molecule has 0 aromatic heterocycles. The molecule has 0 bridgehead atoms. The first-order chi connectivity index (χ1) is 3.80. The molecule has 5 heteroatoms. The van der Waals surface area contributed by atoms with Crippen LogP contribution in [0.25, 0.3) is 0 Å². The van der Waals surface area contributed by atoms with Crippen LogP contribution >= 0.6 is 0 Å². The molecule has 0 amide bonds. The van der Waals surface area contributed by atoms with Gasteiger partial charge in [0.1, 0.15) is 0 Å². The lowest BCUT2D eigenvalue weighted by molar-refractivity contribution is 0.166. The fourth-order valence-electron chi connectivity index (χ4n) is 0.368. The molecule has 0 aliphatic carbocycles. The largest absolute Gasteiger partial charge is 0.389 e. The van der Waals surface area contributed by atoms with E-state index in [2.05, 4.69) is 20.7 Å². The predicted octanol–water partition coefficient (Wildman–Crippen LogP) is 0.526. The lowest BCUT2D eigenvalue weighted by Gasteiger charge is -2.00. The van der Waals surface area contributed by atoms with E-state index < -0.39 is 12.3 Å². The number of rotatable bonds is 1. The quantitative estimate of drug-likeness (QED) is 0.530. The van der Waals surface area contributed by atoms with Crippen molar-refractivity contribution in [1.82, 2.24) is 0 Å². The van der Waals surface area contributed by atoms with Crippen LogP contribution in [0.4, 0.5) is 0 Å². The molecule has 5 nitrogen and oxygen atoms in total. The first-order valence-electron chi connectivity index (χ1n) is 2.29. The summed E-state index contributed by atoms with van der Waals surface area (Å²) in [4.78, 5) is 0. The van der Waals surface area contributed by atoms with Gasteiger partial charge in [0, 0.05) is 0 Å². The molecular formula is C3H6N4O. The monoisotopic (exact) mass is 114 g/mol. The van der Waals surface area contributed by atoms with E-state index in [1.165, 1.54) is 0 Å². The van der Waals surface area contributed by atoms with Crippen LogP contribution in [0.3, 0.4) is 0 Å². The highest BCUT2D eigenvalue weighted by Crippen LogP contribution is 2.07. The first kappa shape index (κ1) is 5.30. The summed E-state index contributed by atoms with van der Waals surface area (Å²) >= 11 is 0. The summed E-state index contributed by atoms with van der Waals surface area (Å²) in [6, 6.07) is 0. The Bertz CT molecular complexity index is 117. The Hall–Kier alpha value is -0.840. The summed E-state index contributed by atoms with van der Waals surface area (Å²) in [6.07, 6.45) is -1.04. The first-order valence-corrected chi connectivity index (χ1v) is 2.29. The van der Waals surface area contributed by atoms with Gasteiger partial charge in [-0.05, 0) is 17.4 Å². The van der Waals surface area contributed by atoms with Gasteiger partial charge >= 0.3 is 0 Å². The molecule has 1 aliphatic heterocycles. The highest BCUT2D eigenvalue weighted by atomic mass is 16.3. The molecule has 0 spiro atoms. The van der Waals surface area contributed by atoms with Gasteiger partial charge < -0.3 is 5.11 Å². The van der Waals surface area contributed by atoms with Crippen LogP contribution in [-0.4, -0.2) is 17.4 Å². The minimum Gasteiger partial charge on any atom is -0.389 e. The zero-order valence-electron chi connectivity index (χ0n) is 4.39. The van der Waals surface area contributed by atoms with E-state index in [4.69, 9.17) is 5.11 Å². The lowest BCUT2D eigenvalue weighted by Crippen LogP contribution is -2.15. The van der Waals surface area contributed by atoms with Crippen molar-refractivity contribution in [2.75, 3.05) is 0 Å². The Morgan fingerprint density at radius 3 is 2.12 bits per heavy atom. The standard InChI is InChI=1S/C3H6N4O/c1-2(8)3-4-6-7-5-3/h2-3,8H,1H3. The second-order valence-corrected chi connectivity index (χ2v) is 1.56. The SMILES string of the molecule is CC(O)C1N=NN=N1. The molecule has 0 fully saturated rings. The van der Waals surface area contributed by atoms with E-state index in [0.29, 0.717) is 0 Å². The lowest BCUT2D eigenvalue weighted by atomic mass is 10.3. The minimum atomic E-state index is -0.579. The molecule has 0 aromatic rings. The minimum absolute atomic E-state index is 0.463. The third-order valence-corrected chi connectivity index (χ3v) is 0.811. The third-order valence-electron chi connectivity index (χ3n) is 0.811. The molecular weight excluding hydrogens is 108 g/mol. The molecule has 1 heterocycles. The molecule has 1 unspecified atom stereocenters. The molecule has 0 saturated carbocycles. The Labute approximate surface area is 46.1 Å². The highest BCUT2D eigenvalue weighted by molar-refractivity contribution is 4.66. The second-order valence-electron chi connectivity index (χ2n) is 1.56. The van der Waals surface area contributed by atoms with Gasteiger partial charge in [-0.15, -0.1) is 10.2 Å². The van der Waals surface area contributed by atoms with Gasteiger partial charge in [0.15, 0.2) is 0 Å². The average Bonchev–Trinajstić information content (AvgIpc) is 2.12. The summed E-state index contributed by atoms with van der Waals surface area (Å²) in [5.41, 5.74) is 0. The summed E-state index contributed by atoms with van der Waals surface area (Å²) in [7, 11) is 0. The summed E-state index contributed by atoms with van der Waals surface area (Å²) in [6.45, 7) is 1.59. The van der Waals surface area contributed by atoms with Crippen molar-refractivity contribution in [3.05, 3.63) is 0 Å². The maximum absolute atomic E-state index is 8.74. The average molecular weight is 114 g/mol. The Morgan fingerprint density at radius 2 is 1.88 bits per heavy atom. The summed E-state index contributed by atoms with van der Waals surface area (Å²) in [5.74, 6) is 0. The van der Waals surface area contributed by atoms with Crippen LogP contribution < -0.4 is 0 Å². The molecule has 0 radical (unpaired) electrons. The van der Waals surface area contributed by atoms with Crippen LogP contribution in [0.5, 0.6) is 0 Å². The van der Waals surface area contributed by atoms with Gasteiger partial charge in [-0.2, -0.15) is 0 Å². The number of nitrogens with zero attached hydrogens (tertiary/aromatic N) is 4. The van der Waals surface area contributed by atoms with Gasteiger partial charge in [0.25, 0.3) is 0 Å². The number of aliphatic hydroxyl groups excluding tert-OH is 1.